The van der Waals surface area contributed by atoms with Gasteiger partial charge in [-0.05, 0) is 26.7 Å². The van der Waals surface area contributed by atoms with Crippen molar-refractivity contribution in [2.45, 2.75) is 123 Å². The normalized spacial score (nSPS) is 17.5. The predicted octanol–water partition coefficient (Wildman–Crippen LogP) is 6.92. The van der Waals surface area contributed by atoms with E-state index in [0.29, 0.717) is 12.2 Å². The molecular formula is C22H44N2. The van der Waals surface area contributed by atoms with Crippen LogP contribution in [0.2, 0.25) is 0 Å². The van der Waals surface area contributed by atoms with Crippen LogP contribution in [0.4, 0.5) is 0 Å². The first-order valence-electron chi connectivity index (χ1n) is 10.9. The van der Waals surface area contributed by atoms with E-state index in [9.17, 15) is 0 Å². The molecular weight excluding hydrogens is 292 g/mol. The number of rotatable bonds is 15. The first kappa shape index (κ1) is 21.4. The molecule has 1 heterocycles. The van der Waals surface area contributed by atoms with E-state index in [4.69, 9.17) is 0 Å². The molecule has 0 aliphatic carbocycles. The topological polar surface area (TPSA) is 6.48 Å². The van der Waals surface area contributed by atoms with Crippen molar-refractivity contribution in [3.05, 3.63) is 12.4 Å². The molecule has 1 aliphatic rings. The van der Waals surface area contributed by atoms with Crippen molar-refractivity contribution in [2.24, 2.45) is 0 Å². The smallest absolute Gasteiger partial charge is 0.101 e. The maximum absolute atomic E-state index is 2.55. The zero-order chi connectivity index (χ0) is 17.6. The molecule has 0 N–H and O–H groups in total. The zero-order valence-electron chi connectivity index (χ0n) is 17.1. The monoisotopic (exact) mass is 336 g/mol. The van der Waals surface area contributed by atoms with Gasteiger partial charge in [0.2, 0.25) is 0 Å². The number of unbranched alkanes of at least 4 members (excludes halogenated alkanes) is 11. The standard InChI is InChI=1S/C22H44N2/c1-5-7-8-9-10-11-12-13-14-15-16-17-18-23-19-20-24(21(3)4)22(23)6-2/h19-22H,5-18H2,1-4H3. The lowest BCUT2D eigenvalue weighted by atomic mass is 10.1. The molecule has 0 saturated carbocycles. The summed E-state index contributed by atoms with van der Waals surface area (Å²) in [4.78, 5) is 5.05. The van der Waals surface area contributed by atoms with Crippen molar-refractivity contribution in [3.8, 4) is 0 Å². The number of hydrogen-bond donors (Lipinski definition) is 0. The Bertz CT molecular complexity index is 311. The molecule has 0 saturated heterocycles. The molecule has 1 aliphatic heterocycles. The van der Waals surface area contributed by atoms with Gasteiger partial charge >= 0.3 is 0 Å². The van der Waals surface area contributed by atoms with E-state index in [1.54, 1.807) is 0 Å². The highest BCUT2D eigenvalue weighted by atomic mass is 15.4. The lowest BCUT2D eigenvalue weighted by molar-refractivity contribution is 0.121. The maximum atomic E-state index is 2.55. The van der Waals surface area contributed by atoms with Gasteiger partial charge in [-0.1, -0.05) is 84.5 Å². The molecule has 0 aromatic heterocycles. The molecule has 1 unspecified atom stereocenters. The second-order valence-electron chi connectivity index (χ2n) is 7.85. The SMILES string of the molecule is CCCCCCCCCCCCCCN1C=CN(C(C)C)C1CC. The highest BCUT2D eigenvalue weighted by Gasteiger charge is 2.25. The van der Waals surface area contributed by atoms with Crippen molar-refractivity contribution < 1.29 is 0 Å². The van der Waals surface area contributed by atoms with Gasteiger partial charge in [0.25, 0.3) is 0 Å². The summed E-state index contributed by atoms with van der Waals surface area (Å²) in [6, 6.07) is 0.609. The molecule has 2 nitrogen and oxygen atoms in total. The van der Waals surface area contributed by atoms with Crippen molar-refractivity contribution in [1.82, 2.24) is 9.80 Å². The molecule has 2 heteroatoms. The minimum atomic E-state index is 0.595. The van der Waals surface area contributed by atoms with Gasteiger partial charge in [0.05, 0.1) is 0 Å². The first-order valence-corrected chi connectivity index (χ1v) is 10.9. The average molecular weight is 337 g/mol. The third-order valence-electron chi connectivity index (χ3n) is 5.39. The molecule has 0 aromatic rings. The van der Waals surface area contributed by atoms with Gasteiger partial charge < -0.3 is 9.80 Å². The van der Waals surface area contributed by atoms with E-state index in [1.165, 1.54) is 90.0 Å². The van der Waals surface area contributed by atoms with Crippen LogP contribution in [0.25, 0.3) is 0 Å². The third-order valence-corrected chi connectivity index (χ3v) is 5.39. The quantitative estimate of drug-likeness (QED) is 0.299. The van der Waals surface area contributed by atoms with E-state index >= 15 is 0 Å². The number of nitrogens with zero attached hydrogens (tertiary/aromatic N) is 2. The Kier molecular flexibility index (Phi) is 12.1. The van der Waals surface area contributed by atoms with Crippen LogP contribution in [0, 0.1) is 0 Å². The van der Waals surface area contributed by atoms with Crippen LogP contribution in [0.5, 0.6) is 0 Å². The van der Waals surface area contributed by atoms with E-state index in [0.717, 1.165) is 0 Å². The summed E-state index contributed by atoms with van der Waals surface area (Å²) in [6.45, 7) is 10.4. The lowest BCUT2D eigenvalue weighted by Crippen LogP contribution is -2.41. The molecule has 0 amide bonds. The maximum Gasteiger partial charge on any atom is 0.101 e. The number of hydrogen-bond acceptors (Lipinski definition) is 2. The molecule has 0 bridgehead atoms. The molecule has 0 radical (unpaired) electrons. The molecule has 0 aromatic carbocycles. The Morgan fingerprint density at radius 2 is 1.21 bits per heavy atom. The largest absolute Gasteiger partial charge is 0.356 e. The summed E-state index contributed by atoms with van der Waals surface area (Å²) in [5.41, 5.74) is 0. The second kappa shape index (κ2) is 13.6. The van der Waals surface area contributed by atoms with Crippen LogP contribution in [0.3, 0.4) is 0 Å². The van der Waals surface area contributed by atoms with Gasteiger partial charge in [-0.3, -0.25) is 0 Å². The Hall–Kier alpha value is -0.660. The van der Waals surface area contributed by atoms with Gasteiger partial charge in [-0.2, -0.15) is 0 Å². The van der Waals surface area contributed by atoms with Crippen LogP contribution in [0.1, 0.15) is 111 Å². The molecule has 0 fully saturated rings. The molecule has 0 spiro atoms. The van der Waals surface area contributed by atoms with Crippen molar-refractivity contribution >= 4 is 0 Å². The van der Waals surface area contributed by atoms with Crippen molar-refractivity contribution in [3.63, 3.8) is 0 Å². The molecule has 24 heavy (non-hydrogen) atoms. The Labute approximate surface area is 152 Å². The van der Waals surface area contributed by atoms with E-state index in [1.807, 2.05) is 0 Å². The van der Waals surface area contributed by atoms with Gasteiger partial charge in [0.15, 0.2) is 0 Å². The van der Waals surface area contributed by atoms with E-state index in [-0.39, 0.29) is 0 Å². The minimum absolute atomic E-state index is 0.595. The van der Waals surface area contributed by atoms with Crippen molar-refractivity contribution in [1.29, 1.82) is 0 Å². The third kappa shape index (κ3) is 8.44. The summed E-state index contributed by atoms with van der Waals surface area (Å²) >= 11 is 0. The molecule has 1 rings (SSSR count). The first-order chi connectivity index (χ1) is 11.7. The van der Waals surface area contributed by atoms with Gasteiger partial charge in [-0.15, -0.1) is 0 Å². The summed E-state index contributed by atoms with van der Waals surface area (Å²) in [7, 11) is 0. The van der Waals surface area contributed by atoms with E-state index < -0.39 is 0 Å². The summed E-state index contributed by atoms with van der Waals surface area (Å²) in [5, 5.41) is 0. The van der Waals surface area contributed by atoms with Crippen LogP contribution in [-0.2, 0) is 0 Å². The Morgan fingerprint density at radius 1 is 0.708 bits per heavy atom. The summed E-state index contributed by atoms with van der Waals surface area (Å²) in [5.74, 6) is 0. The van der Waals surface area contributed by atoms with Crippen LogP contribution >= 0.6 is 0 Å². The predicted molar refractivity (Wildman–Crippen MR) is 108 cm³/mol. The second-order valence-corrected chi connectivity index (χ2v) is 7.85. The summed E-state index contributed by atoms with van der Waals surface area (Å²) in [6.07, 6.45) is 23.6. The van der Waals surface area contributed by atoms with Crippen LogP contribution in [0.15, 0.2) is 12.4 Å². The van der Waals surface area contributed by atoms with E-state index in [2.05, 4.69) is 49.9 Å². The minimum Gasteiger partial charge on any atom is -0.356 e. The fourth-order valence-corrected chi connectivity index (χ4v) is 3.85. The van der Waals surface area contributed by atoms with Crippen LogP contribution in [-0.4, -0.2) is 28.6 Å². The highest BCUT2D eigenvalue weighted by Crippen LogP contribution is 2.22. The molecule has 1 atom stereocenters. The van der Waals surface area contributed by atoms with Gasteiger partial charge in [0.1, 0.15) is 6.17 Å². The Balaban J connectivity index is 1.93. The molecule has 142 valence electrons. The lowest BCUT2D eigenvalue weighted by Gasteiger charge is -2.34. The zero-order valence-corrected chi connectivity index (χ0v) is 17.1. The fourth-order valence-electron chi connectivity index (χ4n) is 3.85. The summed E-state index contributed by atoms with van der Waals surface area (Å²) < 4.78 is 0. The van der Waals surface area contributed by atoms with Crippen LogP contribution < -0.4 is 0 Å². The average Bonchev–Trinajstić information content (AvgIpc) is 2.99. The van der Waals surface area contributed by atoms with Gasteiger partial charge in [-0.25, -0.2) is 0 Å². The van der Waals surface area contributed by atoms with Crippen molar-refractivity contribution in [2.75, 3.05) is 6.54 Å². The Morgan fingerprint density at radius 3 is 1.67 bits per heavy atom. The van der Waals surface area contributed by atoms with Gasteiger partial charge in [0, 0.05) is 25.0 Å². The highest BCUT2D eigenvalue weighted by molar-refractivity contribution is 4.97. The fraction of sp³-hybridized carbons (Fsp3) is 0.909.